The Morgan fingerprint density at radius 3 is 2.61 bits per heavy atom. The molecule has 0 aliphatic rings. The van der Waals surface area contributed by atoms with Gasteiger partial charge in [-0.2, -0.15) is 0 Å². The van der Waals surface area contributed by atoms with Gasteiger partial charge in [0.15, 0.2) is 0 Å². The van der Waals surface area contributed by atoms with Crippen molar-refractivity contribution in [1.82, 2.24) is 10.3 Å². The Labute approximate surface area is 107 Å². The standard InChI is InChI=1S/C11H14N2O4S/c1-7(18(2)17)5-13-10(14)9-4-3-8(6-12-9)11(15)16/h3-4,6-7H,5H2,1-2H3,(H,13,14)(H,15,16). The fraction of sp³-hybridized carbons (Fsp3) is 0.364. The average Bonchev–Trinajstić information content (AvgIpc) is 2.35. The van der Waals surface area contributed by atoms with Crippen LogP contribution in [0.4, 0.5) is 0 Å². The number of carboxylic acid groups (broad SMARTS) is 1. The van der Waals surface area contributed by atoms with Gasteiger partial charge in [-0.1, -0.05) is 0 Å². The van der Waals surface area contributed by atoms with Gasteiger partial charge in [0.1, 0.15) is 5.69 Å². The van der Waals surface area contributed by atoms with E-state index in [2.05, 4.69) is 10.3 Å². The number of hydrogen-bond donors (Lipinski definition) is 2. The minimum atomic E-state index is -1.09. The highest BCUT2D eigenvalue weighted by Crippen LogP contribution is 2.00. The summed E-state index contributed by atoms with van der Waals surface area (Å²) in [6.45, 7) is 2.04. The fourth-order valence-corrected chi connectivity index (χ4v) is 1.42. The molecule has 98 valence electrons. The van der Waals surface area contributed by atoms with E-state index in [0.29, 0.717) is 0 Å². The second kappa shape index (κ2) is 6.25. The predicted octanol–water partition coefficient (Wildman–Crippen LogP) is 0.277. The molecule has 2 unspecified atom stereocenters. The summed E-state index contributed by atoms with van der Waals surface area (Å²) in [5.41, 5.74) is 0.156. The first-order chi connectivity index (χ1) is 8.41. The second-order valence-corrected chi connectivity index (χ2v) is 5.56. The topological polar surface area (TPSA) is 96.4 Å². The highest BCUT2D eigenvalue weighted by atomic mass is 32.2. The maximum atomic E-state index is 11.6. The molecule has 0 aliphatic carbocycles. The largest absolute Gasteiger partial charge is 0.478 e. The maximum absolute atomic E-state index is 11.6. The summed E-state index contributed by atoms with van der Waals surface area (Å²) < 4.78 is 11.1. The van der Waals surface area contributed by atoms with Crippen LogP contribution in [0.25, 0.3) is 0 Å². The summed E-state index contributed by atoms with van der Waals surface area (Å²) in [5.74, 6) is -1.51. The van der Waals surface area contributed by atoms with Gasteiger partial charge in [0.05, 0.1) is 5.56 Å². The van der Waals surface area contributed by atoms with Crippen LogP contribution < -0.4 is 5.32 Å². The van der Waals surface area contributed by atoms with Crippen LogP contribution in [0.15, 0.2) is 18.3 Å². The number of hydrogen-bond acceptors (Lipinski definition) is 4. The lowest BCUT2D eigenvalue weighted by Crippen LogP contribution is -2.33. The number of amides is 1. The van der Waals surface area contributed by atoms with Gasteiger partial charge in [-0.25, -0.2) is 4.79 Å². The van der Waals surface area contributed by atoms with Gasteiger partial charge in [0, 0.05) is 35.0 Å². The van der Waals surface area contributed by atoms with Crippen LogP contribution in [0, 0.1) is 0 Å². The zero-order chi connectivity index (χ0) is 13.7. The van der Waals surface area contributed by atoms with E-state index in [4.69, 9.17) is 5.11 Å². The molecule has 0 radical (unpaired) electrons. The van der Waals surface area contributed by atoms with E-state index in [9.17, 15) is 13.8 Å². The first kappa shape index (κ1) is 14.3. The molecule has 0 saturated carbocycles. The summed E-state index contributed by atoms with van der Waals surface area (Å²) in [7, 11) is -1.01. The lowest BCUT2D eigenvalue weighted by molar-refractivity contribution is 0.0695. The van der Waals surface area contributed by atoms with Gasteiger partial charge in [-0.05, 0) is 19.1 Å². The number of nitrogens with zero attached hydrogens (tertiary/aromatic N) is 1. The van der Waals surface area contributed by atoms with Crippen molar-refractivity contribution >= 4 is 22.7 Å². The van der Waals surface area contributed by atoms with Crippen molar-refractivity contribution in [2.75, 3.05) is 12.8 Å². The van der Waals surface area contributed by atoms with E-state index >= 15 is 0 Å². The Morgan fingerprint density at radius 1 is 1.50 bits per heavy atom. The van der Waals surface area contributed by atoms with E-state index in [-0.39, 0.29) is 23.1 Å². The maximum Gasteiger partial charge on any atom is 0.337 e. The summed E-state index contributed by atoms with van der Waals surface area (Å²) in [6.07, 6.45) is 2.69. The third kappa shape index (κ3) is 3.92. The average molecular weight is 270 g/mol. The fourth-order valence-electron chi connectivity index (χ4n) is 1.10. The molecule has 6 nitrogen and oxygen atoms in total. The van der Waals surface area contributed by atoms with Gasteiger partial charge in [-0.3, -0.25) is 14.0 Å². The number of rotatable bonds is 5. The normalized spacial score (nSPS) is 13.7. The third-order valence-corrected chi connectivity index (χ3v) is 3.66. The van der Waals surface area contributed by atoms with Gasteiger partial charge in [-0.15, -0.1) is 0 Å². The zero-order valence-electron chi connectivity index (χ0n) is 10.0. The lowest BCUT2D eigenvalue weighted by Gasteiger charge is -2.09. The molecule has 0 saturated heterocycles. The molecule has 0 aliphatic heterocycles. The highest BCUT2D eigenvalue weighted by Gasteiger charge is 2.12. The first-order valence-electron chi connectivity index (χ1n) is 5.21. The summed E-state index contributed by atoms with van der Waals surface area (Å²) >= 11 is 0. The third-order valence-electron chi connectivity index (χ3n) is 2.36. The molecule has 1 aromatic heterocycles. The number of aromatic nitrogens is 1. The highest BCUT2D eigenvalue weighted by molar-refractivity contribution is 7.84. The Hall–Kier alpha value is -1.76. The van der Waals surface area contributed by atoms with Crippen LogP contribution in [-0.4, -0.2) is 44.2 Å². The molecule has 2 N–H and O–H groups in total. The van der Waals surface area contributed by atoms with Gasteiger partial charge in [0.25, 0.3) is 5.91 Å². The molecule has 0 spiro atoms. The Kier molecular flexibility index (Phi) is 4.96. The molecular formula is C11H14N2O4S. The van der Waals surface area contributed by atoms with Gasteiger partial charge >= 0.3 is 5.97 Å². The van der Waals surface area contributed by atoms with E-state index in [1.807, 2.05) is 0 Å². The molecule has 1 rings (SSSR count). The number of carbonyl (C=O) groups excluding carboxylic acids is 1. The van der Waals surface area contributed by atoms with Crippen LogP contribution in [0.3, 0.4) is 0 Å². The summed E-state index contributed by atoms with van der Waals surface area (Å²) in [5, 5.41) is 11.1. The molecule has 7 heteroatoms. The van der Waals surface area contributed by atoms with Crippen molar-refractivity contribution in [3.05, 3.63) is 29.6 Å². The zero-order valence-corrected chi connectivity index (χ0v) is 10.9. The minimum absolute atomic E-state index is 0.0228. The van der Waals surface area contributed by atoms with Crippen LogP contribution >= 0.6 is 0 Å². The van der Waals surface area contributed by atoms with Crippen molar-refractivity contribution in [3.63, 3.8) is 0 Å². The molecule has 0 bridgehead atoms. The van der Waals surface area contributed by atoms with E-state index in [0.717, 1.165) is 6.20 Å². The molecule has 0 fully saturated rings. The van der Waals surface area contributed by atoms with Crippen LogP contribution in [0.5, 0.6) is 0 Å². The van der Waals surface area contributed by atoms with Crippen molar-refractivity contribution in [2.24, 2.45) is 0 Å². The number of aromatic carboxylic acids is 1. The SMILES string of the molecule is CC(CNC(=O)c1ccc(C(=O)O)cn1)S(C)=O. The number of nitrogens with one attached hydrogen (secondary N) is 1. The number of pyridine rings is 1. The Bertz CT molecular complexity index is 472. The van der Waals surface area contributed by atoms with Crippen molar-refractivity contribution < 1.29 is 18.9 Å². The van der Waals surface area contributed by atoms with E-state index in [1.54, 1.807) is 13.2 Å². The molecule has 18 heavy (non-hydrogen) atoms. The van der Waals surface area contributed by atoms with Crippen molar-refractivity contribution in [1.29, 1.82) is 0 Å². The molecule has 2 atom stereocenters. The van der Waals surface area contributed by atoms with E-state index in [1.165, 1.54) is 12.1 Å². The van der Waals surface area contributed by atoms with Crippen LogP contribution in [-0.2, 0) is 10.8 Å². The number of carboxylic acids is 1. The Morgan fingerprint density at radius 2 is 2.17 bits per heavy atom. The van der Waals surface area contributed by atoms with Crippen molar-refractivity contribution in [3.8, 4) is 0 Å². The Balaban J connectivity index is 2.62. The molecule has 1 amide bonds. The quantitative estimate of drug-likeness (QED) is 0.801. The minimum Gasteiger partial charge on any atom is -0.478 e. The molecule has 0 aromatic carbocycles. The van der Waals surface area contributed by atoms with Crippen LogP contribution in [0.2, 0.25) is 0 Å². The monoisotopic (exact) mass is 270 g/mol. The summed E-state index contributed by atoms with van der Waals surface area (Å²) in [6, 6.07) is 2.65. The lowest BCUT2D eigenvalue weighted by atomic mass is 10.2. The molecule has 1 aromatic rings. The second-order valence-electron chi connectivity index (χ2n) is 3.76. The van der Waals surface area contributed by atoms with E-state index < -0.39 is 22.7 Å². The smallest absolute Gasteiger partial charge is 0.337 e. The molecule has 1 heterocycles. The van der Waals surface area contributed by atoms with Gasteiger partial charge in [0.2, 0.25) is 0 Å². The summed E-state index contributed by atoms with van der Waals surface area (Å²) in [4.78, 5) is 26.0. The number of carbonyl (C=O) groups is 2. The van der Waals surface area contributed by atoms with Crippen LogP contribution in [0.1, 0.15) is 27.8 Å². The van der Waals surface area contributed by atoms with Gasteiger partial charge < -0.3 is 10.4 Å². The van der Waals surface area contributed by atoms with Crippen molar-refractivity contribution in [2.45, 2.75) is 12.2 Å². The predicted molar refractivity (Wildman–Crippen MR) is 67.1 cm³/mol. The first-order valence-corrected chi connectivity index (χ1v) is 6.83. The molecular weight excluding hydrogens is 256 g/mol.